The van der Waals surface area contributed by atoms with Gasteiger partial charge in [-0.25, -0.2) is 0 Å². The molecule has 2 atom stereocenters. The Morgan fingerprint density at radius 1 is 1.08 bits per heavy atom. The lowest BCUT2D eigenvalue weighted by Gasteiger charge is -2.30. The molecule has 1 aromatic rings. The van der Waals surface area contributed by atoms with E-state index in [1.165, 1.54) is 4.90 Å². The second kappa shape index (κ2) is 5.92. The molecule has 0 N–H and O–H groups in total. The third-order valence-corrected chi connectivity index (χ3v) is 5.26. The molecule has 2 aliphatic heterocycles. The van der Waals surface area contributed by atoms with Crippen molar-refractivity contribution in [3.8, 4) is 5.75 Å². The molecule has 1 saturated heterocycles. The van der Waals surface area contributed by atoms with Crippen molar-refractivity contribution in [3.05, 3.63) is 24.3 Å². The van der Waals surface area contributed by atoms with Crippen molar-refractivity contribution in [2.75, 3.05) is 24.6 Å². The van der Waals surface area contributed by atoms with Crippen LogP contribution in [0.3, 0.4) is 0 Å². The minimum atomic E-state index is -0.230. The molecule has 126 valence electrons. The van der Waals surface area contributed by atoms with Crippen LogP contribution in [0.5, 0.6) is 5.75 Å². The van der Waals surface area contributed by atoms with Crippen molar-refractivity contribution in [1.29, 1.82) is 0 Å². The molecule has 1 aliphatic carbocycles. The largest absolute Gasteiger partial charge is 0.490 e. The number of hydrogen-bond donors (Lipinski definition) is 0. The number of carbonyl (C=O) groups is 3. The summed E-state index contributed by atoms with van der Waals surface area (Å²) in [6.07, 6.45) is 3.50. The maximum Gasteiger partial charge on any atom is 0.247 e. The summed E-state index contributed by atoms with van der Waals surface area (Å²) in [4.78, 5) is 40.6. The predicted octanol–water partition coefficient (Wildman–Crippen LogP) is 1.59. The number of likely N-dealkylation sites (tertiary alicyclic amines) is 1. The van der Waals surface area contributed by atoms with Crippen molar-refractivity contribution in [2.24, 2.45) is 11.8 Å². The van der Waals surface area contributed by atoms with Gasteiger partial charge in [-0.3, -0.25) is 19.3 Å². The van der Waals surface area contributed by atoms with Crippen LogP contribution in [0.25, 0.3) is 0 Å². The van der Waals surface area contributed by atoms with Gasteiger partial charge < -0.3 is 9.64 Å². The Bertz CT molecular complexity index is 678. The van der Waals surface area contributed by atoms with E-state index in [1.54, 1.807) is 4.90 Å². The quantitative estimate of drug-likeness (QED) is 0.773. The maximum atomic E-state index is 12.7. The molecule has 0 spiro atoms. The number of imide groups is 1. The van der Waals surface area contributed by atoms with Gasteiger partial charge in [0, 0.05) is 0 Å². The smallest absolute Gasteiger partial charge is 0.247 e. The van der Waals surface area contributed by atoms with Crippen molar-refractivity contribution < 1.29 is 19.1 Å². The number of amides is 3. The lowest BCUT2D eigenvalue weighted by molar-refractivity contribution is -0.143. The van der Waals surface area contributed by atoms with Crippen LogP contribution in [0.4, 0.5) is 5.69 Å². The molecule has 4 rings (SSSR count). The highest BCUT2D eigenvalue weighted by Gasteiger charge is 2.48. The molecule has 2 fully saturated rings. The minimum Gasteiger partial charge on any atom is -0.490 e. The first-order valence-electron chi connectivity index (χ1n) is 8.54. The van der Waals surface area contributed by atoms with Crippen molar-refractivity contribution in [2.45, 2.75) is 25.7 Å². The van der Waals surface area contributed by atoms with E-state index in [4.69, 9.17) is 4.74 Å². The molecular weight excluding hydrogens is 308 g/mol. The van der Waals surface area contributed by atoms with Gasteiger partial charge in [-0.1, -0.05) is 25.0 Å². The Labute approximate surface area is 140 Å². The topological polar surface area (TPSA) is 66.9 Å². The van der Waals surface area contributed by atoms with Crippen LogP contribution in [0.2, 0.25) is 0 Å². The fourth-order valence-corrected chi connectivity index (χ4v) is 4.04. The summed E-state index contributed by atoms with van der Waals surface area (Å²) in [6.45, 7) is 0.674. The van der Waals surface area contributed by atoms with Gasteiger partial charge in [-0.05, 0) is 25.0 Å². The molecular formula is C18H20N2O4. The molecule has 0 aromatic heterocycles. The third kappa shape index (κ3) is 2.37. The average Bonchev–Trinajstić information content (AvgIpc) is 2.86. The Morgan fingerprint density at radius 3 is 2.46 bits per heavy atom. The van der Waals surface area contributed by atoms with E-state index in [0.717, 1.165) is 25.7 Å². The Balaban J connectivity index is 1.53. The Morgan fingerprint density at radius 2 is 1.75 bits per heavy atom. The van der Waals surface area contributed by atoms with E-state index in [9.17, 15) is 14.4 Å². The van der Waals surface area contributed by atoms with Gasteiger partial charge in [0.15, 0.2) is 0 Å². The molecule has 3 amide bonds. The summed E-state index contributed by atoms with van der Waals surface area (Å²) in [6, 6.07) is 7.33. The minimum absolute atomic E-state index is 0.167. The first-order chi connectivity index (χ1) is 11.7. The molecule has 2 heterocycles. The van der Waals surface area contributed by atoms with Gasteiger partial charge in [0.2, 0.25) is 17.7 Å². The second-order valence-corrected chi connectivity index (χ2v) is 6.62. The second-order valence-electron chi connectivity index (χ2n) is 6.62. The van der Waals surface area contributed by atoms with Crippen LogP contribution in [-0.4, -0.2) is 42.3 Å². The number of ether oxygens (including phenoxy) is 1. The SMILES string of the molecule is O=C1[C@@H]2CCCC[C@H]2C(=O)N1CC(=O)N1CCOc2ccccc21. The lowest BCUT2D eigenvalue weighted by atomic mass is 9.81. The van der Waals surface area contributed by atoms with Crippen molar-refractivity contribution >= 4 is 23.4 Å². The van der Waals surface area contributed by atoms with Crippen LogP contribution >= 0.6 is 0 Å². The van der Waals surface area contributed by atoms with Gasteiger partial charge in [-0.2, -0.15) is 0 Å². The molecule has 0 unspecified atom stereocenters. The highest BCUT2D eigenvalue weighted by Crippen LogP contribution is 2.38. The Hall–Kier alpha value is -2.37. The number of benzene rings is 1. The normalized spacial score (nSPS) is 26.0. The maximum absolute atomic E-state index is 12.7. The summed E-state index contributed by atoms with van der Waals surface area (Å²) in [5, 5.41) is 0. The fraction of sp³-hybridized carbons (Fsp3) is 0.500. The molecule has 24 heavy (non-hydrogen) atoms. The van der Waals surface area contributed by atoms with E-state index in [0.29, 0.717) is 24.6 Å². The standard InChI is InChI=1S/C18H20N2O4/c21-16(19-9-10-24-15-8-4-3-7-14(15)19)11-20-17(22)12-5-1-2-6-13(12)18(20)23/h3-4,7-8,12-13H,1-2,5-6,9-11H2/t12-,13-/m1/s1. The monoisotopic (exact) mass is 328 g/mol. The summed E-state index contributed by atoms with van der Waals surface area (Å²) < 4.78 is 5.55. The molecule has 1 aromatic carbocycles. The predicted molar refractivity (Wildman–Crippen MR) is 86.5 cm³/mol. The molecule has 0 bridgehead atoms. The van der Waals surface area contributed by atoms with E-state index < -0.39 is 0 Å². The number of anilines is 1. The highest BCUT2D eigenvalue weighted by molar-refractivity contribution is 6.09. The zero-order valence-corrected chi connectivity index (χ0v) is 13.4. The number of nitrogens with zero attached hydrogens (tertiary/aromatic N) is 2. The van der Waals surface area contributed by atoms with Crippen LogP contribution < -0.4 is 9.64 Å². The van der Waals surface area contributed by atoms with E-state index in [1.807, 2.05) is 24.3 Å². The first-order valence-corrected chi connectivity index (χ1v) is 8.54. The van der Waals surface area contributed by atoms with Crippen LogP contribution in [0.1, 0.15) is 25.7 Å². The molecule has 3 aliphatic rings. The molecule has 1 saturated carbocycles. The first kappa shape index (κ1) is 15.2. The van der Waals surface area contributed by atoms with Crippen LogP contribution in [0, 0.1) is 11.8 Å². The number of rotatable bonds is 2. The highest BCUT2D eigenvalue weighted by atomic mass is 16.5. The van der Waals surface area contributed by atoms with Gasteiger partial charge in [0.05, 0.1) is 24.1 Å². The average molecular weight is 328 g/mol. The number of hydrogen-bond acceptors (Lipinski definition) is 4. The van der Waals surface area contributed by atoms with E-state index >= 15 is 0 Å². The van der Waals surface area contributed by atoms with Gasteiger partial charge in [-0.15, -0.1) is 0 Å². The lowest BCUT2D eigenvalue weighted by Crippen LogP contribution is -2.46. The van der Waals surface area contributed by atoms with Crippen LogP contribution in [0.15, 0.2) is 24.3 Å². The fourth-order valence-electron chi connectivity index (χ4n) is 4.04. The van der Waals surface area contributed by atoms with Gasteiger partial charge in [0.1, 0.15) is 18.9 Å². The number of carbonyl (C=O) groups excluding carboxylic acids is 3. The molecule has 6 nitrogen and oxygen atoms in total. The van der Waals surface area contributed by atoms with Crippen molar-refractivity contribution in [3.63, 3.8) is 0 Å². The van der Waals surface area contributed by atoms with Crippen molar-refractivity contribution in [1.82, 2.24) is 4.90 Å². The van der Waals surface area contributed by atoms with E-state index in [2.05, 4.69) is 0 Å². The number of fused-ring (bicyclic) bond motifs is 2. The van der Waals surface area contributed by atoms with Gasteiger partial charge >= 0.3 is 0 Å². The zero-order chi connectivity index (χ0) is 16.7. The van der Waals surface area contributed by atoms with Gasteiger partial charge in [0.25, 0.3) is 0 Å². The third-order valence-electron chi connectivity index (χ3n) is 5.26. The summed E-state index contributed by atoms with van der Waals surface area (Å²) in [7, 11) is 0. The summed E-state index contributed by atoms with van der Waals surface area (Å²) in [5.74, 6) is -0.331. The van der Waals surface area contributed by atoms with E-state index in [-0.39, 0.29) is 36.1 Å². The summed E-state index contributed by atoms with van der Waals surface area (Å²) in [5.41, 5.74) is 0.699. The number of para-hydroxylation sites is 2. The van der Waals surface area contributed by atoms with Crippen LogP contribution in [-0.2, 0) is 14.4 Å². The zero-order valence-electron chi connectivity index (χ0n) is 13.4. The Kier molecular flexibility index (Phi) is 3.75. The molecule has 0 radical (unpaired) electrons. The summed E-state index contributed by atoms with van der Waals surface area (Å²) >= 11 is 0. The molecule has 6 heteroatoms.